The third-order valence-corrected chi connectivity index (χ3v) is 4.97. The van der Waals surface area contributed by atoms with Crippen LogP contribution in [-0.4, -0.2) is 19.7 Å². The number of aromatic nitrogens is 4. The Morgan fingerprint density at radius 3 is 2.75 bits per heavy atom. The molecule has 1 aliphatic heterocycles. The number of nitrogens with zero attached hydrogens (tertiary/aromatic N) is 4. The van der Waals surface area contributed by atoms with Gasteiger partial charge in [0.15, 0.2) is 5.69 Å². The van der Waals surface area contributed by atoms with Gasteiger partial charge in [-0.25, -0.2) is 9.37 Å². The monoisotopic (exact) mass is 396 g/mol. The van der Waals surface area contributed by atoms with Crippen LogP contribution in [0.4, 0.5) is 4.39 Å². The van der Waals surface area contributed by atoms with Crippen molar-refractivity contribution in [3.8, 4) is 23.0 Å². The normalized spacial score (nSPS) is 16.1. The van der Waals surface area contributed by atoms with E-state index in [1.54, 1.807) is 36.7 Å². The van der Waals surface area contributed by atoms with E-state index in [0.29, 0.717) is 34.5 Å². The molecule has 3 heterocycles. The molecule has 0 aliphatic carbocycles. The number of hydrogen-bond acceptors (Lipinski definition) is 5. The van der Waals surface area contributed by atoms with E-state index in [-0.39, 0.29) is 18.5 Å². The maximum absolute atomic E-state index is 14.1. The van der Waals surface area contributed by atoms with Crippen molar-refractivity contribution in [1.82, 2.24) is 19.7 Å². The highest BCUT2D eigenvalue weighted by atomic mass is 35.5. The van der Waals surface area contributed by atoms with Crippen molar-refractivity contribution < 1.29 is 13.7 Å². The summed E-state index contributed by atoms with van der Waals surface area (Å²) < 4.78 is 27.3. The highest BCUT2D eigenvalue weighted by molar-refractivity contribution is 6.30. The molecule has 0 fully saturated rings. The van der Waals surface area contributed by atoms with E-state index < -0.39 is 0 Å². The number of ether oxygens (including phenoxy) is 1. The highest BCUT2D eigenvalue weighted by Gasteiger charge is 2.27. The highest BCUT2D eigenvalue weighted by Crippen LogP contribution is 2.32. The molecule has 8 heteroatoms. The molecule has 0 saturated carbocycles. The van der Waals surface area contributed by atoms with Gasteiger partial charge in [-0.2, -0.15) is 4.98 Å². The third kappa shape index (κ3) is 2.98. The third-order valence-electron chi connectivity index (χ3n) is 4.71. The number of rotatable bonds is 3. The smallest absolute Gasteiger partial charge is 0.278 e. The van der Waals surface area contributed by atoms with Gasteiger partial charge in [0.1, 0.15) is 11.9 Å². The first-order chi connectivity index (χ1) is 13.7. The van der Waals surface area contributed by atoms with E-state index in [2.05, 4.69) is 15.1 Å². The second kappa shape index (κ2) is 6.85. The lowest BCUT2D eigenvalue weighted by Gasteiger charge is -2.25. The molecule has 28 heavy (non-hydrogen) atoms. The average Bonchev–Trinajstić information content (AvgIpc) is 3.35. The van der Waals surface area contributed by atoms with Crippen molar-refractivity contribution in [3.63, 3.8) is 0 Å². The van der Waals surface area contributed by atoms with Crippen LogP contribution in [-0.2, 0) is 17.9 Å². The van der Waals surface area contributed by atoms with E-state index in [9.17, 15) is 4.39 Å². The van der Waals surface area contributed by atoms with Crippen LogP contribution in [0.3, 0.4) is 0 Å². The molecule has 1 atom stereocenters. The van der Waals surface area contributed by atoms with Gasteiger partial charge in [-0.05, 0) is 30.3 Å². The van der Waals surface area contributed by atoms with E-state index in [1.807, 2.05) is 16.7 Å². The summed E-state index contributed by atoms with van der Waals surface area (Å²) in [6.07, 6.45) is 1.32. The van der Waals surface area contributed by atoms with Crippen LogP contribution >= 0.6 is 11.6 Å². The minimum atomic E-state index is -0.372. The fourth-order valence-electron chi connectivity index (χ4n) is 3.27. The van der Waals surface area contributed by atoms with Crippen molar-refractivity contribution >= 4 is 11.6 Å². The molecule has 0 saturated heterocycles. The zero-order valence-electron chi connectivity index (χ0n) is 14.5. The molecule has 0 unspecified atom stereocenters. The molecule has 0 N–H and O–H groups in total. The van der Waals surface area contributed by atoms with E-state index >= 15 is 0 Å². The van der Waals surface area contributed by atoms with Gasteiger partial charge in [0.2, 0.25) is 5.82 Å². The second-order valence-corrected chi connectivity index (χ2v) is 6.88. The first-order valence-electron chi connectivity index (χ1n) is 8.69. The van der Waals surface area contributed by atoms with Crippen LogP contribution < -0.4 is 0 Å². The summed E-state index contributed by atoms with van der Waals surface area (Å²) >= 11 is 5.92. The number of hydrogen-bond donors (Lipinski definition) is 0. The largest absolute Gasteiger partial charge is 0.365 e. The van der Waals surface area contributed by atoms with Crippen LogP contribution in [0.25, 0.3) is 23.0 Å². The van der Waals surface area contributed by atoms with Gasteiger partial charge in [0.25, 0.3) is 5.89 Å². The summed E-state index contributed by atoms with van der Waals surface area (Å²) in [6, 6.07) is 13.8. The zero-order chi connectivity index (χ0) is 19.1. The molecule has 0 bridgehead atoms. The van der Waals surface area contributed by atoms with Gasteiger partial charge in [0.05, 0.1) is 25.2 Å². The lowest BCUT2D eigenvalue weighted by molar-refractivity contribution is 0.00126. The molecular weight excluding hydrogens is 383 g/mol. The molecule has 0 radical (unpaired) electrons. The lowest BCUT2D eigenvalue weighted by atomic mass is 10.1. The SMILES string of the molecule is Fc1ccccc1[C@H]1Cn2cnc(-c3nc(-c4ccc(Cl)cc4)no3)c2CO1. The van der Waals surface area contributed by atoms with Gasteiger partial charge in [-0.1, -0.05) is 35.0 Å². The predicted octanol–water partition coefficient (Wildman–Crippen LogP) is 4.66. The minimum Gasteiger partial charge on any atom is -0.365 e. The molecule has 2 aromatic carbocycles. The predicted molar refractivity (Wildman–Crippen MR) is 99.9 cm³/mol. The molecule has 1 aliphatic rings. The summed E-state index contributed by atoms with van der Waals surface area (Å²) in [4.78, 5) is 8.85. The fourth-order valence-corrected chi connectivity index (χ4v) is 3.39. The molecule has 140 valence electrons. The fraction of sp³-hybridized carbons (Fsp3) is 0.150. The molecule has 6 nitrogen and oxygen atoms in total. The molecule has 0 spiro atoms. The Morgan fingerprint density at radius 2 is 1.93 bits per heavy atom. The van der Waals surface area contributed by atoms with Crippen molar-refractivity contribution in [1.29, 1.82) is 0 Å². The summed E-state index contributed by atoms with van der Waals surface area (Å²) in [7, 11) is 0. The lowest BCUT2D eigenvalue weighted by Crippen LogP contribution is -2.21. The van der Waals surface area contributed by atoms with Crippen molar-refractivity contribution in [2.45, 2.75) is 19.3 Å². The van der Waals surface area contributed by atoms with Crippen LogP contribution in [0.1, 0.15) is 17.4 Å². The van der Waals surface area contributed by atoms with E-state index in [0.717, 1.165) is 11.3 Å². The Bertz CT molecular complexity index is 1140. The van der Waals surface area contributed by atoms with E-state index in [1.165, 1.54) is 6.07 Å². The first kappa shape index (κ1) is 17.1. The average molecular weight is 397 g/mol. The van der Waals surface area contributed by atoms with Gasteiger partial charge in [-0.3, -0.25) is 0 Å². The van der Waals surface area contributed by atoms with Crippen molar-refractivity contribution in [2.24, 2.45) is 0 Å². The Hall–Kier alpha value is -3.03. The van der Waals surface area contributed by atoms with Gasteiger partial charge < -0.3 is 13.8 Å². The Balaban J connectivity index is 1.43. The first-order valence-corrected chi connectivity index (χ1v) is 9.07. The van der Waals surface area contributed by atoms with Crippen LogP contribution in [0.15, 0.2) is 59.4 Å². The molecular formula is C20H14ClFN4O2. The van der Waals surface area contributed by atoms with Crippen molar-refractivity contribution in [2.75, 3.05) is 0 Å². The number of benzene rings is 2. The Labute approximate surface area is 164 Å². The summed E-state index contributed by atoms with van der Waals surface area (Å²) in [5, 5.41) is 4.66. The number of fused-ring (bicyclic) bond motifs is 1. The van der Waals surface area contributed by atoms with E-state index in [4.69, 9.17) is 20.9 Å². The summed E-state index contributed by atoms with van der Waals surface area (Å²) in [6.45, 7) is 0.731. The maximum Gasteiger partial charge on any atom is 0.278 e. The topological polar surface area (TPSA) is 66.0 Å². The minimum absolute atomic E-state index is 0.271. The quantitative estimate of drug-likeness (QED) is 0.503. The maximum atomic E-state index is 14.1. The van der Waals surface area contributed by atoms with Crippen LogP contribution in [0, 0.1) is 5.82 Å². The molecule has 0 amide bonds. The summed E-state index contributed by atoms with van der Waals surface area (Å²) in [5.74, 6) is 0.488. The Kier molecular flexibility index (Phi) is 4.18. The second-order valence-electron chi connectivity index (χ2n) is 6.44. The zero-order valence-corrected chi connectivity index (χ0v) is 15.3. The van der Waals surface area contributed by atoms with Gasteiger partial charge in [0, 0.05) is 16.1 Å². The molecule has 2 aromatic heterocycles. The van der Waals surface area contributed by atoms with Crippen LogP contribution in [0.2, 0.25) is 5.02 Å². The molecule has 4 aromatic rings. The Morgan fingerprint density at radius 1 is 1.11 bits per heavy atom. The van der Waals surface area contributed by atoms with Crippen LogP contribution in [0.5, 0.6) is 0 Å². The van der Waals surface area contributed by atoms with Gasteiger partial charge >= 0.3 is 0 Å². The number of halogens is 2. The summed E-state index contributed by atoms with van der Waals surface area (Å²) in [5.41, 5.74) is 2.72. The van der Waals surface area contributed by atoms with Crippen molar-refractivity contribution in [3.05, 3.63) is 77.0 Å². The van der Waals surface area contributed by atoms with Gasteiger partial charge in [-0.15, -0.1) is 0 Å². The standard InChI is InChI=1S/C20H14ClFN4O2/c21-13-7-5-12(6-8-13)19-24-20(28-25-19)18-16-10-27-17(9-26(16)11-23-18)14-3-1-2-4-15(14)22/h1-8,11,17H,9-10H2/t17-/m1/s1. The molecule has 5 rings (SSSR count). The number of imidazole rings is 1.